The molecule has 2 aromatic carbocycles. The van der Waals surface area contributed by atoms with Crippen molar-refractivity contribution in [2.24, 2.45) is 0 Å². The summed E-state index contributed by atoms with van der Waals surface area (Å²) in [5.41, 5.74) is 1.86. The van der Waals surface area contributed by atoms with Gasteiger partial charge in [-0.2, -0.15) is 5.10 Å². The minimum Gasteiger partial charge on any atom is -0.319 e. The third-order valence-electron chi connectivity index (χ3n) is 2.93. The highest BCUT2D eigenvalue weighted by Gasteiger charge is 2.16. The van der Waals surface area contributed by atoms with Crippen molar-refractivity contribution in [3.05, 3.63) is 55.5 Å². The van der Waals surface area contributed by atoms with Gasteiger partial charge in [0.2, 0.25) is 0 Å². The summed E-state index contributed by atoms with van der Waals surface area (Å²) >= 11 is 10.3. The fourth-order valence-corrected chi connectivity index (χ4v) is 4.43. The molecule has 0 aliphatic heterocycles. The largest absolute Gasteiger partial charge is 0.319 e. The Morgan fingerprint density at radius 2 is 1.76 bits per heavy atom. The number of hydrogen-bond donors (Lipinski definition) is 2. The number of fused-ring (bicyclic) bond motifs is 1. The Hall–Kier alpha value is -1.18. The van der Waals surface area contributed by atoms with Crippen molar-refractivity contribution in [2.45, 2.75) is 0 Å². The average Bonchev–Trinajstić information content (AvgIpc) is 2.86. The summed E-state index contributed by atoms with van der Waals surface area (Å²) in [4.78, 5) is 12.4. The number of amides is 1. The molecule has 0 aliphatic rings. The van der Waals surface area contributed by atoms with Gasteiger partial charge in [-0.05, 0) is 50.1 Å². The van der Waals surface area contributed by atoms with E-state index >= 15 is 0 Å². The summed E-state index contributed by atoms with van der Waals surface area (Å²) in [5, 5.41) is 10.6. The Bertz CT molecular complexity index is 821. The van der Waals surface area contributed by atoms with E-state index in [9.17, 15) is 4.79 Å². The lowest BCUT2D eigenvalue weighted by Crippen LogP contribution is -2.13. The third-order valence-corrected chi connectivity index (χ3v) is 4.64. The number of rotatable bonds is 2. The predicted octanol–water partition coefficient (Wildman–Crippen LogP) is 5.10. The molecule has 1 aromatic heterocycles. The van der Waals surface area contributed by atoms with Crippen LogP contribution in [0, 0.1) is 0 Å². The monoisotopic (exact) mass is 471 g/mol. The van der Waals surface area contributed by atoms with Crippen LogP contribution in [0.1, 0.15) is 10.5 Å². The van der Waals surface area contributed by atoms with Gasteiger partial charge < -0.3 is 5.32 Å². The molecule has 3 aromatic rings. The van der Waals surface area contributed by atoms with Crippen molar-refractivity contribution in [3.8, 4) is 0 Å². The lowest BCUT2D eigenvalue weighted by molar-refractivity contribution is 0.102. The lowest BCUT2D eigenvalue weighted by atomic mass is 10.2. The Kier molecular flexibility index (Phi) is 4.14. The van der Waals surface area contributed by atoms with Crippen LogP contribution in [0.25, 0.3) is 10.9 Å². The first kappa shape index (κ1) is 14.7. The van der Waals surface area contributed by atoms with Gasteiger partial charge in [-0.1, -0.05) is 34.1 Å². The number of nitrogens with one attached hydrogen (secondary N) is 2. The maximum Gasteiger partial charge on any atom is 0.276 e. The molecule has 1 amide bonds. The molecule has 0 atom stereocenters. The molecule has 0 bridgehead atoms. The van der Waals surface area contributed by atoms with Gasteiger partial charge in [-0.3, -0.25) is 9.89 Å². The number of nitrogens with zero attached hydrogens (tertiary/aromatic N) is 1. The second-order valence-electron chi connectivity index (χ2n) is 4.32. The van der Waals surface area contributed by atoms with E-state index in [0.717, 1.165) is 24.3 Å². The summed E-state index contributed by atoms with van der Waals surface area (Å²) in [7, 11) is 0. The van der Waals surface area contributed by atoms with E-state index in [-0.39, 0.29) is 5.91 Å². The zero-order valence-corrected chi connectivity index (χ0v) is 15.2. The number of anilines is 1. The second kappa shape index (κ2) is 5.90. The van der Waals surface area contributed by atoms with Crippen LogP contribution in [0.3, 0.4) is 0 Å². The van der Waals surface area contributed by atoms with E-state index in [1.807, 2.05) is 36.4 Å². The maximum atomic E-state index is 12.4. The van der Waals surface area contributed by atoms with Crippen LogP contribution in [0.2, 0.25) is 0 Å². The van der Waals surface area contributed by atoms with Crippen molar-refractivity contribution in [1.29, 1.82) is 0 Å². The number of carbonyl (C=O) groups excluding carboxylic acids is 1. The molecule has 1 heterocycles. The number of hydrogen-bond acceptors (Lipinski definition) is 2. The SMILES string of the molecule is O=C(Nc1c(Br)cc(Br)cc1Br)c1n[nH]c2ccccc12. The minimum atomic E-state index is -0.267. The summed E-state index contributed by atoms with van der Waals surface area (Å²) in [5.74, 6) is -0.267. The van der Waals surface area contributed by atoms with E-state index in [2.05, 4.69) is 63.3 Å². The molecule has 0 aliphatic carbocycles. The lowest BCUT2D eigenvalue weighted by Gasteiger charge is -2.09. The molecule has 0 spiro atoms. The molecular weight excluding hydrogens is 466 g/mol. The Morgan fingerprint density at radius 3 is 2.48 bits per heavy atom. The first-order chi connectivity index (χ1) is 10.1. The van der Waals surface area contributed by atoms with Gasteiger partial charge in [0, 0.05) is 18.8 Å². The number of para-hydroxylation sites is 1. The van der Waals surface area contributed by atoms with Crippen molar-refractivity contribution < 1.29 is 4.79 Å². The second-order valence-corrected chi connectivity index (χ2v) is 6.94. The van der Waals surface area contributed by atoms with Crippen molar-refractivity contribution in [2.75, 3.05) is 5.32 Å². The molecule has 0 unspecified atom stereocenters. The molecule has 2 N–H and O–H groups in total. The summed E-state index contributed by atoms with van der Waals surface area (Å²) in [6, 6.07) is 11.2. The third kappa shape index (κ3) is 2.90. The van der Waals surface area contributed by atoms with E-state index < -0.39 is 0 Å². The zero-order chi connectivity index (χ0) is 15.0. The summed E-state index contributed by atoms with van der Waals surface area (Å²) < 4.78 is 2.46. The fourth-order valence-electron chi connectivity index (χ4n) is 1.97. The molecule has 0 radical (unpaired) electrons. The van der Waals surface area contributed by atoms with Crippen molar-refractivity contribution in [3.63, 3.8) is 0 Å². The van der Waals surface area contributed by atoms with Crippen LogP contribution >= 0.6 is 47.8 Å². The highest BCUT2D eigenvalue weighted by atomic mass is 79.9. The molecule has 21 heavy (non-hydrogen) atoms. The molecule has 4 nitrogen and oxygen atoms in total. The Morgan fingerprint density at radius 1 is 1.10 bits per heavy atom. The molecule has 0 saturated carbocycles. The minimum absolute atomic E-state index is 0.267. The van der Waals surface area contributed by atoms with Gasteiger partial charge in [-0.15, -0.1) is 0 Å². The summed E-state index contributed by atoms with van der Waals surface area (Å²) in [6.45, 7) is 0. The Labute approximate surface area is 145 Å². The van der Waals surface area contributed by atoms with Crippen LogP contribution in [-0.4, -0.2) is 16.1 Å². The number of aromatic nitrogens is 2. The number of benzene rings is 2. The zero-order valence-electron chi connectivity index (χ0n) is 10.5. The topological polar surface area (TPSA) is 57.8 Å². The normalized spacial score (nSPS) is 10.8. The number of aromatic amines is 1. The molecule has 0 fully saturated rings. The van der Waals surface area contributed by atoms with Gasteiger partial charge in [0.1, 0.15) is 0 Å². The van der Waals surface area contributed by atoms with Crippen LogP contribution in [0.15, 0.2) is 49.8 Å². The summed E-state index contributed by atoms with van der Waals surface area (Å²) in [6.07, 6.45) is 0. The first-order valence-electron chi connectivity index (χ1n) is 5.95. The molecule has 106 valence electrons. The Balaban J connectivity index is 1.97. The van der Waals surface area contributed by atoms with E-state index in [1.54, 1.807) is 0 Å². The van der Waals surface area contributed by atoms with Gasteiger partial charge in [0.15, 0.2) is 5.69 Å². The van der Waals surface area contributed by atoms with Crippen LogP contribution in [0.4, 0.5) is 5.69 Å². The van der Waals surface area contributed by atoms with Gasteiger partial charge in [0.25, 0.3) is 5.91 Å². The van der Waals surface area contributed by atoms with Crippen LogP contribution in [-0.2, 0) is 0 Å². The van der Waals surface area contributed by atoms with Crippen molar-refractivity contribution in [1.82, 2.24) is 10.2 Å². The van der Waals surface area contributed by atoms with Gasteiger partial charge in [0.05, 0.1) is 11.2 Å². The number of carbonyl (C=O) groups is 1. The van der Waals surface area contributed by atoms with Crippen LogP contribution in [0.5, 0.6) is 0 Å². The number of H-pyrrole nitrogens is 1. The molecule has 3 rings (SSSR count). The van der Waals surface area contributed by atoms with Crippen LogP contribution < -0.4 is 5.32 Å². The number of halogens is 3. The standard InChI is InChI=1S/C14H8Br3N3O/c15-7-5-9(16)13(10(17)6-7)18-14(21)12-8-3-1-2-4-11(8)19-20-12/h1-6H,(H,18,21)(H,19,20). The van der Waals surface area contributed by atoms with E-state index in [4.69, 9.17) is 0 Å². The quantitative estimate of drug-likeness (QED) is 0.544. The molecule has 0 saturated heterocycles. The van der Waals surface area contributed by atoms with Gasteiger partial charge >= 0.3 is 0 Å². The van der Waals surface area contributed by atoms with Gasteiger partial charge in [-0.25, -0.2) is 0 Å². The highest BCUT2D eigenvalue weighted by molar-refractivity contribution is 9.11. The van der Waals surface area contributed by atoms with Crippen molar-refractivity contribution >= 4 is 70.3 Å². The first-order valence-corrected chi connectivity index (χ1v) is 8.33. The average molecular weight is 474 g/mol. The fraction of sp³-hybridized carbons (Fsp3) is 0. The van der Waals surface area contributed by atoms with E-state index in [0.29, 0.717) is 11.4 Å². The highest BCUT2D eigenvalue weighted by Crippen LogP contribution is 2.34. The van der Waals surface area contributed by atoms with E-state index in [1.165, 1.54) is 0 Å². The maximum absolute atomic E-state index is 12.4. The predicted molar refractivity (Wildman–Crippen MR) is 93.6 cm³/mol. The molecule has 7 heteroatoms. The molecular formula is C14H8Br3N3O. The smallest absolute Gasteiger partial charge is 0.276 e.